The summed E-state index contributed by atoms with van der Waals surface area (Å²) >= 11 is 8.68. The van der Waals surface area contributed by atoms with Crippen molar-refractivity contribution in [2.24, 2.45) is 4.99 Å². The average Bonchev–Trinajstić information content (AvgIpc) is 3.07. The largest absolute Gasteiger partial charge is 0.487 e. The highest BCUT2D eigenvalue weighted by molar-refractivity contribution is 9.11. The lowest BCUT2D eigenvalue weighted by Crippen LogP contribution is -2.34. The van der Waals surface area contributed by atoms with E-state index in [1.54, 1.807) is 13.0 Å². The molecule has 0 aliphatic carbocycles. The van der Waals surface area contributed by atoms with Gasteiger partial charge in [0.05, 0.1) is 32.9 Å². The minimum absolute atomic E-state index is 0.311. The second kappa shape index (κ2) is 8.67. The summed E-state index contributed by atoms with van der Waals surface area (Å²) in [6.07, 6.45) is 3.62. The predicted molar refractivity (Wildman–Crippen MR) is 116 cm³/mol. The molecule has 5 nitrogen and oxygen atoms in total. The molecule has 2 aliphatic rings. The van der Waals surface area contributed by atoms with Gasteiger partial charge in [0.2, 0.25) is 0 Å². The molecule has 0 unspecified atom stereocenters. The molecule has 2 heterocycles. The molecule has 0 saturated heterocycles. The number of halogens is 2. The van der Waals surface area contributed by atoms with Gasteiger partial charge in [0.1, 0.15) is 12.4 Å². The van der Waals surface area contributed by atoms with E-state index >= 15 is 0 Å². The second-order valence-corrected chi connectivity index (χ2v) is 8.32. The van der Waals surface area contributed by atoms with E-state index in [2.05, 4.69) is 43.4 Å². The number of esters is 1. The molecular weight excluding hydrogens is 496 g/mol. The van der Waals surface area contributed by atoms with Gasteiger partial charge in [0, 0.05) is 6.20 Å². The van der Waals surface area contributed by atoms with Crippen LogP contribution in [0.1, 0.15) is 25.5 Å². The van der Waals surface area contributed by atoms with Gasteiger partial charge in [-0.05, 0) is 68.8 Å². The highest BCUT2D eigenvalue weighted by Gasteiger charge is 2.37. The molecule has 8 heteroatoms. The van der Waals surface area contributed by atoms with E-state index in [0.717, 1.165) is 19.7 Å². The molecule has 0 saturated carbocycles. The van der Waals surface area contributed by atoms with Gasteiger partial charge < -0.3 is 14.4 Å². The maximum absolute atomic E-state index is 12.7. The van der Waals surface area contributed by atoms with Gasteiger partial charge in [-0.3, -0.25) is 0 Å². The first-order valence-electron chi connectivity index (χ1n) is 8.28. The van der Waals surface area contributed by atoms with Crippen LogP contribution in [0, 0.1) is 0 Å². The number of hydrogen-bond acceptors (Lipinski definition) is 6. The Bertz CT molecular complexity index is 857. The summed E-state index contributed by atoms with van der Waals surface area (Å²) in [7, 11) is 0. The second-order valence-electron chi connectivity index (χ2n) is 5.74. The van der Waals surface area contributed by atoms with Crippen molar-refractivity contribution in [3.8, 4) is 5.75 Å². The number of allylic oxidation sites excluding steroid dienone is 1. The Labute approximate surface area is 179 Å². The Morgan fingerprint density at radius 1 is 1.41 bits per heavy atom. The van der Waals surface area contributed by atoms with E-state index in [4.69, 9.17) is 9.47 Å². The fourth-order valence-corrected chi connectivity index (χ4v) is 5.16. The van der Waals surface area contributed by atoms with Crippen LogP contribution < -0.4 is 4.74 Å². The molecular formula is C19H18Br2N2O3S. The highest BCUT2D eigenvalue weighted by Crippen LogP contribution is 2.44. The van der Waals surface area contributed by atoms with Gasteiger partial charge >= 0.3 is 5.97 Å². The van der Waals surface area contributed by atoms with Gasteiger partial charge in [0.25, 0.3) is 0 Å². The van der Waals surface area contributed by atoms with Crippen LogP contribution in [0.5, 0.6) is 5.75 Å². The van der Waals surface area contributed by atoms with Crippen LogP contribution in [0.3, 0.4) is 0 Å². The van der Waals surface area contributed by atoms with E-state index in [-0.39, 0.29) is 12.0 Å². The van der Waals surface area contributed by atoms with Crippen molar-refractivity contribution in [1.29, 1.82) is 0 Å². The maximum Gasteiger partial charge on any atom is 0.338 e. The molecule has 0 spiro atoms. The minimum Gasteiger partial charge on any atom is -0.487 e. The molecule has 0 fully saturated rings. The van der Waals surface area contributed by atoms with Crippen molar-refractivity contribution >= 4 is 54.8 Å². The summed E-state index contributed by atoms with van der Waals surface area (Å²) in [6.45, 7) is 8.02. The first-order valence-corrected chi connectivity index (χ1v) is 10.7. The summed E-state index contributed by atoms with van der Waals surface area (Å²) in [6, 6.07) is 3.59. The standard InChI is InChI=1S/C19H18Br2N2O3S/c1-4-7-26-17-13(20)9-12(10-14(17)21)16-15(18(24)25-5-2)11(3)22-19-23(16)6-8-27-19/h4,6,8-10,16H,1,5,7H2,2-3H3/t16-/m1/s1. The topological polar surface area (TPSA) is 51.1 Å². The van der Waals surface area contributed by atoms with Gasteiger partial charge in [-0.1, -0.05) is 24.4 Å². The van der Waals surface area contributed by atoms with Crippen molar-refractivity contribution in [3.05, 3.63) is 62.2 Å². The Hall–Kier alpha value is -1.51. The van der Waals surface area contributed by atoms with Gasteiger partial charge in [-0.15, -0.1) is 0 Å². The smallest absolute Gasteiger partial charge is 0.338 e. The molecule has 1 atom stereocenters. The molecule has 1 aromatic carbocycles. The monoisotopic (exact) mass is 512 g/mol. The average molecular weight is 514 g/mol. The molecule has 2 aliphatic heterocycles. The third-order valence-corrected chi connectivity index (χ3v) is 5.95. The zero-order chi connectivity index (χ0) is 19.6. The number of thioether (sulfide) groups is 1. The van der Waals surface area contributed by atoms with Crippen LogP contribution >= 0.6 is 43.6 Å². The Balaban J connectivity index is 2.09. The number of amidine groups is 1. The molecule has 0 N–H and O–H groups in total. The SMILES string of the molecule is C=CCOc1c(Br)cc([C@@H]2C(C(=O)OCC)=C(C)N=C3SC=CN32)cc1Br. The molecule has 142 valence electrons. The molecule has 0 bridgehead atoms. The fraction of sp³-hybridized carbons (Fsp3) is 0.263. The molecule has 3 rings (SSSR count). The third-order valence-electron chi connectivity index (χ3n) is 4.00. The predicted octanol–water partition coefficient (Wildman–Crippen LogP) is 5.54. The molecule has 0 aromatic heterocycles. The number of aliphatic imine (C=N–C) groups is 1. The van der Waals surface area contributed by atoms with Crippen molar-refractivity contribution in [2.45, 2.75) is 19.9 Å². The van der Waals surface area contributed by atoms with E-state index in [1.165, 1.54) is 11.8 Å². The summed E-state index contributed by atoms with van der Waals surface area (Å²) < 4.78 is 12.6. The highest BCUT2D eigenvalue weighted by atomic mass is 79.9. The number of ether oxygens (including phenoxy) is 2. The van der Waals surface area contributed by atoms with E-state index in [9.17, 15) is 4.79 Å². The van der Waals surface area contributed by atoms with Crippen molar-refractivity contribution in [3.63, 3.8) is 0 Å². The zero-order valence-corrected chi connectivity index (χ0v) is 18.9. The zero-order valence-electron chi connectivity index (χ0n) is 14.9. The first-order chi connectivity index (χ1) is 13.0. The number of fused-ring (bicyclic) bond motifs is 1. The number of benzene rings is 1. The van der Waals surface area contributed by atoms with Crippen LogP contribution in [0.25, 0.3) is 0 Å². The quantitative estimate of drug-likeness (QED) is 0.369. The molecule has 0 amide bonds. The molecule has 0 radical (unpaired) electrons. The van der Waals surface area contributed by atoms with Crippen molar-refractivity contribution in [2.75, 3.05) is 13.2 Å². The lowest BCUT2D eigenvalue weighted by atomic mass is 9.95. The number of carbonyl (C=O) groups excluding carboxylic acids is 1. The van der Waals surface area contributed by atoms with Crippen LogP contribution in [0.15, 0.2) is 61.6 Å². The van der Waals surface area contributed by atoms with Crippen molar-refractivity contribution < 1.29 is 14.3 Å². The van der Waals surface area contributed by atoms with Gasteiger partial charge in [0.15, 0.2) is 5.17 Å². The normalized spacial score (nSPS) is 18.3. The fourth-order valence-electron chi connectivity index (χ4n) is 2.92. The van der Waals surface area contributed by atoms with E-state index in [1.807, 2.05) is 35.6 Å². The molecule has 27 heavy (non-hydrogen) atoms. The minimum atomic E-state index is -0.354. The lowest BCUT2D eigenvalue weighted by molar-refractivity contribution is -0.139. The van der Waals surface area contributed by atoms with E-state index < -0.39 is 0 Å². The summed E-state index contributed by atoms with van der Waals surface area (Å²) in [5.74, 6) is 0.334. The number of hydrogen-bond donors (Lipinski definition) is 0. The number of rotatable bonds is 6. The van der Waals surface area contributed by atoms with Crippen LogP contribution in [-0.4, -0.2) is 29.3 Å². The van der Waals surface area contributed by atoms with Crippen LogP contribution in [0.4, 0.5) is 0 Å². The Morgan fingerprint density at radius 3 is 2.74 bits per heavy atom. The van der Waals surface area contributed by atoms with E-state index in [0.29, 0.717) is 30.2 Å². The van der Waals surface area contributed by atoms with Crippen molar-refractivity contribution in [1.82, 2.24) is 4.90 Å². The Kier molecular flexibility index (Phi) is 6.49. The van der Waals surface area contributed by atoms with Crippen LogP contribution in [-0.2, 0) is 9.53 Å². The number of carbonyl (C=O) groups is 1. The lowest BCUT2D eigenvalue weighted by Gasteiger charge is -2.33. The van der Waals surface area contributed by atoms with Crippen LogP contribution in [0.2, 0.25) is 0 Å². The summed E-state index contributed by atoms with van der Waals surface area (Å²) in [5.41, 5.74) is 2.12. The number of nitrogens with zero attached hydrogens (tertiary/aromatic N) is 2. The van der Waals surface area contributed by atoms with Gasteiger partial charge in [-0.2, -0.15) is 0 Å². The van der Waals surface area contributed by atoms with Gasteiger partial charge in [-0.25, -0.2) is 9.79 Å². The summed E-state index contributed by atoms with van der Waals surface area (Å²) in [5, 5.41) is 2.79. The summed E-state index contributed by atoms with van der Waals surface area (Å²) in [4.78, 5) is 19.3. The molecule has 1 aromatic rings. The maximum atomic E-state index is 12.7. The Morgan fingerprint density at radius 2 is 2.11 bits per heavy atom. The third kappa shape index (κ3) is 4.02. The first kappa shape index (κ1) is 20.2.